The van der Waals surface area contributed by atoms with E-state index in [1.165, 1.54) is 0 Å². The summed E-state index contributed by atoms with van der Waals surface area (Å²) in [6, 6.07) is 0. The van der Waals surface area contributed by atoms with Gasteiger partial charge in [-0.2, -0.15) is 13.2 Å². The van der Waals surface area contributed by atoms with Gasteiger partial charge < -0.3 is 10.0 Å². The number of hydrogen-bond acceptors (Lipinski definition) is 2. The van der Waals surface area contributed by atoms with E-state index in [2.05, 4.69) is 0 Å². The highest BCUT2D eigenvalue weighted by Crippen LogP contribution is 2.58. The van der Waals surface area contributed by atoms with Gasteiger partial charge in [-0.25, -0.2) is 0 Å². The molecule has 1 saturated carbocycles. The number of fused-ring (bicyclic) bond motifs is 1. The van der Waals surface area contributed by atoms with Gasteiger partial charge >= 0.3 is 18.1 Å². The van der Waals surface area contributed by atoms with E-state index in [0.717, 1.165) is 4.90 Å². The van der Waals surface area contributed by atoms with E-state index in [0.29, 0.717) is 25.7 Å². The van der Waals surface area contributed by atoms with Crippen LogP contribution in [0.4, 0.5) is 13.2 Å². The number of carbonyl (C=O) groups excluding carboxylic acids is 1. The van der Waals surface area contributed by atoms with Gasteiger partial charge in [0.15, 0.2) is 0 Å². The Kier molecular flexibility index (Phi) is 3.03. The van der Waals surface area contributed by atoms with Crippen molar-refractivity contribution in [1.29, 1.82) is 0 Å². The maximum atomic E-state index is 12.3. The van der Waals surface area contributed by atoms with Crippen LogP contribution in [0.5, 0.6) is 0 Å². The highest BCUT2D eigenvalue weighted by molar-refractivity contribution is 5.82. The van der Waals surface area contributed by atoms with Crippen molar-refractivity contribution in [2.75, 3.05) is 13.1 Å². The van der Waals surface area contributed by atoms with Crippen molar-refractivity contribution in [2.45, 2.75) is 31.9 Å². The SMILES string of the molecule is O=C(N1CCCC2(C(=O)O)CC2CC1)C(F)(F)F. The fourth-order valence-electron chi connectivity index (χ4n) is 2.83. The van der Waals surface area contributed by atoms with Crippen molar-refractivity contribution in [3.05, 3.63) is 0 Å². The first-order chi connectivity index (χ1) is 8.27. The minimum atomic E-state index is -4.84. The van der Waals surface area contributed by atoms with Gasteiger partial charge in [0.2, 0.25) is 0 Å². The van der Waals surface area contributed by atoms with E-state index < -0.39 is 23.5 Å². The predicted octanol–water partition coefficient (Wildman–Crippen LogP) is 1.65. The van der Waals surface area contributed by atoms with Crippen LogP contribution < -0.4 is 0 Å². The third kappa shape index (κ3) is 2.18. The third-order valence-corrected chi connectivity index (χ3v) is 3.99. The van der Waals surface area contributed by atoms with Gasteiger partial charge in [-0.15, -0.1) is 0 Å². The number of nitrogens with zero attached hydrogens (tertiary/aromatic N) is 1. The number of carbonyl (C=O) groups is 2. The Morgan fingerprint density at radius 1 is 1.28 bits per heavy atom. The second-order valence-corrected chi connectivity index (χ2v) is 5.04. The summed E-state index contributed by atoms with van der Waals surface area (Å²) in [5, 5.41) is 9.10. The summed E-state index contributed by atoms with van der Waals surface area (Å²) in [4.78, 5) is 23.0. The van der Waals surface area contributed by atoms with Crippen LogP contribution in [-0.2, 0) is 9.59 Å². The third-order valence-electron chi connectivity index (χ3n) is 3.99. The second-order valence-electron chi connectivity index (χ2n) is 5.04. The Balaban J connectivity index is 1.99. The molecule has 1 heterocycles. The number of likely N-dealkylation sites (tertiary alicyclic amines) is 1. The van der Waals surface area contributed by atoms with Crippen LogP contribution in [0.2, 0.25) is 0 Å². The molecule has 2 fully saturated rings. The minimum absolute atomic E-state index is 0.00194. The molecule has 0 aromatic heterocycles. The molecule has 0 aromatic rings. The molecule has 2 aliphatic rings. The molecule has 102 valence electrons. The number of hydrogen-bond donors (Lipinski definition) is 1. The van der Waals surface area contributed by atoms with Crippen molar-refractivity contribution < 1.29 is 27.9 Å². The Bertz CT molecular complexity index is 382. The fourth-order valence-corrected chi connectivity index (χ4v) is 2.83. The van der Waals surface area contributed by atoms with Crippen LogP contribution in [-0.4, -0.2) is 41.1 Å². The topological polar surface area (TPSA) is 57.6 Å². The lowest BCUT2D eigenvalue weighted by Crippen LogP contribution is -2.43. The molecule has 1 N–H and O–H groups in total. The summed E-state index contributed by atoms with van der Waals surface area (Å²) >= 11 is 0. The summed E-state index contributed by atoms with van der Waals surface area (Å²) in [5.41, 5.74) is -0.729. The molecule has 0 aromatic carbocycles. The van der Waals surface area contributed by atoms with Gasteiger partial charge in [0.25, 0.3) is 0 Å². The summed E-state index contributed by atoms with van der Waals surface area (Å²) in [6.07, 6.45) is -3.31. The molecule has 1 amide bonds. The Labute approximate surface area is 102 Å². The largest absolute Gasteiger partial charge is 0.481 e. The molecule has 4 nitrogen and oxygen atoms in total. The molecular formula is C11H14F3NO3. The molecule has 0 bridgehead atoms. The number of rotatable bonds is 1. The number of halogens is 3. The maximum Gasteiger partial charge on any atom is 0.471 e. The van der Waals surface area contributed by atoms with E-state index in [9.17, 15) is 22.8 Å². The smallest absolute Gasteiger partial charge is 0.471 e. The van der Waals surface area contributed by atoms with Crippen LogP contribution in [0.1, 0.15) is 25.7 Å². The predicted molar refractivity (Wildman–Crippen MR) is 54.7 cm³/mol. The van der Waals surface area contributed by atoms with E-state index >= 15 is 0 Å². The van der Waals surface area contributed by atoms with Crippen molar-refractivity contribution >= 4 is 11.9 Å². The normalized spacial score (nSPS) is 32.2. The molecule has 2 unspecified atom stereocenters. The zero-order valence-corrected chi connectivity index (χ0v) is 9.66. The summed E-state index contributed by atoms with van der Waals surface area (Å²) in [7, 11) is 0. The van der Waals surface area contributed by atoms with Gasteiger partial charge in [-0.1, -0.05) is 0 Å². The van der Waals surface area contributed by atoms with Crippen molar-refractivity contribution in [1.82, 2.24) is 4.90 Å². The van der Waals surface area contributed by atoms with E-state index in [-0.39, 0.29) is 19.0 Å². The lowest BCUT2D eigenvalue weighted by atomic mass is 9.94. The molecular weight excluding hydrogens is 251 g/mol. The summed E-state index contributed by atoms with van der Waals surface area (Å²) < 4.78 is 36.9. The van der Waals surface area contributed by atoms with Crippen LogP contribution in [0, 0.1) is 11.3 Å². The standard InChI is InChI=1S/C11H14F3NO3/c12-11(13,14)8(16)15-4-1-3-10(9(17)18)6-7(10)2-5-15/h7H,1-6H2,(H,17,18). The lowest BCUT2D eigenvalue weighted by molar-refractivity contribution is -0.185. The van der Waals surface area contributed by atoms with Crippen LogP contribution >= 0.6 is 0 Å². The van der Waals surface area contributed by atoms with Gasteiger partial charge in [0.1, 0.15) is 0 Å². The molecule has 1 aliphatic heterocycles. The monoisotopic (exact) mass is 265 g/mol. The number of carboxylic acids is 1. The highest BCUT2D eigenvalue weighted by atomic mass is 19.4. The average Bonchev–Trinajstić information content (AvgIpc) is 2.90. The fraction of sp³-hybridized carbons (Fsp3) is 0.818. The maximum absolute atomic E-state index is 12.3. The summed E-state index contributed by atoms with van der Waals surface area (Å²) in [5.74, 6) is -2.76. The first kappa shape index (κ1) is 13.2. The Morgan fingerprint density at radius 3 is 2.50 bits per heavy atom. The molecule has 1 aliphatic carbocycles. The molecule has 2 rings (SSSR count). The Morgan fingerprint density at radius 2 is 1.94 bits per heavy atom. The van der Waals surface area contributed by atoms with Gasteiger partial charge in [0.05, 0.1) is 5.41 Å². The van der Waals surface area contributed by atoms with E-state index in [1.807, 2.05) is 0 Å². The highest BCUT2D eigenvalue weighted by Gasteiger charge is 2.60. The van der Waals surface area contributed by atoms with Gasteiger partial charge in [-0.3, -0.25) is 9.59 Å². The molecule has 0 spiro atoms. The van der Waals surface area contributed by atoms with E-state index in [1.54, 1.807) is 0 Å². The average molecular weight is 265 g/mol. The molecule has 1 saturated heterocycles. The lowest BCUT2D eigenvalue weighted by Gasteiger charge is -2.27. The minimum Gasteiger partial charge on any atom is -0.481 e. The quantitative estimate of drug-likeness (QED) is 0.784. The van der Waals surface area contributed by atoms with Crippen molar-refractivity contribution in [3.8, 4) is 0 Å². The molecule has 0 radical (unpaired) electrons. The van der Waals surface area contributed by atoms with Crippen molar-refractivity contribution in [3.63, 3.8) is 0 Å². The van der Waals surface area contributed by atoms with E-state index in [4.69, 9.17) is 5.11 Å². The number of carboxylic acid groups (broad SMARTS) is 1. The van der Waals surface area contributed by atoms with Crippen LogP contribution in [0.25, 0.3) is 0 Å². The first-order valence-electron chi connectivity index (χ1n) is 5.87. The Hall–Kier alpha value is -1.27. The number of aliphatic carboxylic acids is 1. The molecule has 7 heteroatoms. The van der Waals surface area contributed by atoms with Crippen molar-refractivity contribution in [2.24, 2.45) is 11.3 Å². The van der Waals surface area contributed by atoms with Gasteiger partial charge in [0, 0.05) is 13.1 Å². The number of amides is 1. The second kappa shape index (κ2) is 4.13. The zero-order chi connectivity index (χ0) is 13.6. The first-order valence-corrected chi connectivity index (χ1v) is 5.87. The van der Waals surface area contributed by atoms with Gasteiger partial charge in [-0.05, 0) is 31.6 Å². The van der Waals surface area contributed by atoms with Crippen LogP contribution in [0.15, 0.2) is 0 Å². The zero-order valence-electron chi connectivity index (χ0n) is 9.66. The van der Waals surface area contributed by atoms with Crippen LogP contribution in [0.3, 0.4) is 0 Å². The summed E-state index contributed by atoms with van der Waals surface area (Å²) in [6.45, 7) is -0.0157. The molecule has 2 atom stereocenters. The number of alkyl halides is 3. The molecule has 18 heavy (non-hydrogen) atoms.